The average molecular weight is 211 g/mol. The van der Waals surface area contributed by atoms with Crippen LogP contribution in [0.4, 0.5) is 0 Å². The molecule has 0 bridgehead atoms. The third-order valence-electron chi connectivity index (χ3n) is 4.19. The van der Waals surface area contributed by atoms with E-state index in [0.29, 0.717) is 0 Å². The summed E-state index contributed by atoms with van der Waals surface area (Å²) in [6, 6.07) is 0. The first-order valence-electron chi connectivity index (χ1n) is 6.99. The minimum Gasteiger partial charge on any atom is -0.325 e. The molecule has 1 rings (SSSR count). The number of hydrogen-bond donors (Lipinski definition) is 1. The van der Waals surface area contributed by atoms with Crippen molar-refractivity contribution in [3.05, 3.63) is 0 Å². The molecular weight excluding hydrogens is 182 g/mol. The second-order valence-corrected chi connectivity index (χ2v) is 5.52. The first-order valence-corrected chi connectivity index (χ1v) is 6.99. The van der Waals surface area contributed by atoms with Gasteiger partial charge in [-0.15, -0.1) is 0 Å². The van der Waals surface area contributed by atoms with Crippen LogP contribution in [0.25, 0.3) is 0 Å². The lowest BCUT2D eigenvalue weighted by molar-refractivity contribution is 0.326. The largest absolute Gasteiger partial charge is 0.325 e. The van der Waals surface area contributed by atoms with Gasteiger partial charge in [-0.1, -0.05) is 52.4 Å². The number of hydrogen-bond acceptors (Lipinski definition) is 1. The predicted octanol–water partition coefficient (Wildman–Crippen LogP) is 4.25. The molecular formula is C14H29N. The summed E-state index contributed by atoms with van der Waals surface area (Å²) in [5, 5.41) is 0. The van der Waals surface area contributed by atoms with E-state index < -0.39 is 0 Å². The zero-order chi connectivity index (χ0) is 11.1. The van der Waals surface area contributed by atoms with Gasteiger partial charge in [0.05, 0.1) is 0 Å². The molecule has 0 heterocycles. The Morgan fingerprint density at radius 3 is 2.60 bits per heavy atom. The maximum absolute atomic E-state index is 6.52. The molecule has 0 aliphatic heterocycles. The van der Waals surface area contributed by atoms with Crippen molar-refractivity contribution in [2.75, 3.05) is 0 Å². The molecule has 2 unspecified atom stereocenters. The van der Waals surface area contributed by atoms with Crippen LogP contribution in [0.15, 0.2) is 0 Å². The van der Waals surface area contributed by atoms with Crippen molar-refractivity contribution < 1.29 is 0 Å². The molecule has 0 spiro atoms. The lowest BCUT2D eigenvalue weighted by atomic mass is 9.85. The van der Waals surface area contributed by atoms with Gasteiger partial charge in [0.1, 0.15) is 0 Å². The Morgan fingerprint density at radius 2 is 1.93 bits per heavy atom. The second-order valence-electron chi connectivity index (χ2n) is 5.52. The van der Waals surface area contributed by atoms with Gasteiger partial charge in [-0.05, 0) is 31.6 Å². The second kappa shape index (κ2) is 6.52. The lowest BCUT2D eigenvalue weighted by Gasteiger charge is -2.28. The summed E-state index contributed by atoms with van der Waals surface area (Å²) in [7, 11) is 0. The minimum absolute atomic E-state index is 0.194. The molecule has 2 N–H and O–H groups in total. The first-order chi connectivity index (χ1) is 7.20. The highest BCUT2D eigenvalue weighted by Gasteiger charge is 2.27. The van der Waals surface area contributed by atoms with Crippen LogP contribution in [-0.4, -0.2) is 5.54 Å². The van der Waals surface area contributed by atoms with Crippen molar-refractivity contribution >= 4 is 0 Å². The summed E-state index contributed by atoms with van der Waals surface area (Å²) in [6.45, 7) is 4.59. The molecule has 2 atom stereocenters. The van der Waals surface area contributed by atoms with Gasteiger partial charge in [0, 0.05) is 5.54 Å². The maximum atomic E-state index is 6.52. The molecule has 0 aromatic heterocycles. The SMILES string of the molecule is CCCCCC1(N)CCCC(CC)CC1. The van der Waals surface area contributed by atoms with E-state index >= 15 is 0 Å². The summed E-state index contributed by atoms with van der Waals surface area (Å²) in [6.07, 6.45) is 13.3. The molecule has 1 saturated carbocycles. The highest BCUT2D eigenvalue weighted by molar-refractivity contribution is 4.87. The van der Waals surface area contributed by atoms with E-state index in [1.54, 1.807) is 0 Å². The zero-order valence-electron chi connectivity index (χ0n) is 10.7. The van der Waals surface area contributed by atoms with Crippen LogP contribution in [0.3, 0.4) is 0 Å². The molecule has 15 heavy (non-hydrogen) atoms. The summed E-state index contributed by atoms with van der Waals surface area (Å²) in [4.78, 5) is 0. The Bertz CT molecular complexity index is 167. The normalized spacial score (nSPS) is 32.6. The molecule has 0 radical (unpaired) electrons. The van der Waals surface area contributed by atoms with Crippen LogP contribution in [-0.2, 0) is 0 Å². The van der Waals surface area contributed by atoms with E-state index in [1.807, 2.05) is 0 Å². The zero-order valence-corrected chi connectivity index (χ0v) is 10.7. The molecule has 1 aliphatic carbocycles. The highest BCUT2D eigenvalue weighted by atomic mass is 14.7. The minimum atomic E-state index is 0.194. The van der Waals surface area contributed by atoms with Crippen LogP contribution < -0.4 is 5.73 Å². The number of unbranched alkanes of at least 4 members (excludes halogenated alkanes) is 2. The van der Waals surface area contributed by atoms with E-state index in [9.17, 15) is 0 Å². The van der Waals surface area contributed by atoms with Crippen molar-refractivity contribution in [2.24, 2.45) is 11.7 Å². The molecule has 1 aliphatic rings. The quantitative estimate of drug-likeness (QED) is 0.534. The van der Waals surface area contributed by atoms with Gasteiger partial charge in [-0.2, -0.15) is 0 Å². The van der Waals surface area contributed by atoms with Crippen molar-refractivity contribution in [3.63, 3.8) is 0 Å². The fraction of sp³-hybridized carbons (Fsp3) is 1.00. The fourth-order valence-corrected chi connectivity index (χ4v) is 2.89. The topological polar surface area (TPSA) is 26.0 Å². The van der Waals surface area contributed by atoms with Crippen molar-refractivity contribution in [3.8, 4) is 0 Å². The monoisotopic (exact) mass is 211 g/mol. The van der Waals surface area contributed by atoms with Gasteiger partial charge in [0.2, 0.25) is 0 Å². The number of rotatable bonds is 5. The van der Waals surface area contributed by atoms with Crippen molar-refractivity contribution in [1.29, 1.82) is 0 Å². The Labute approximate surface area is 95.8 Å². The lowest BCUT2D eigenvalue weighted by Crippen LogP contribution is -2.39. The summed E-state index contributed by atoms with van der Waals surface area (Å²) in [5.41, 5.74) is 6.71. The van der Waals surface area contributed by atoms with Gasteiger partial charge < -0.3 is 5.73 Å². The van der Waals surface area contributed by atoms with E-state index in [1.165, 1.54) is 64.2 Å². The van der Waals surface area contributed by atoms with Crippen LogP contribution in [0.5, 0.6) is 0 Å². The molecule has 1 fully saturated rings. The molecule has 0 aromatic carbocycles. The molecule has 0 aromatic rings. The van der Waals surface area contributed by atoms with Crippen LogP contribution >= 0.6 is 0 Å². The van der Waals surface area contributed by atoms with Gasteiger partial charge in [-0.25, -0.2) is 0 Å². The molecule has 0 amide bonds. The van der Waals surface area contributed by atoms with Gasteiger partial charge in [-0.3, -0.25) is 0 Å². The molecule has 1 nitrogen and oxygen atoms in total. The Kier molecular flexibility index (Phi) is 5.66. The molecule has 90 valence electrons. The van der Waals surface area contributed by atoms with Gasteiger partial charge in [0.25, 0.3) is 0 Å². The third-order valence-corrected chi connectivity index (χ3v) is 4.19. The highest BCUT2D eigenvalue weighted by Crippen LogP contribution is 2.33. The summed E-state index contributed by atoms with van der Waals surface area (Å²) >= 11 is 0. The van der Waals surface area contributed by atoms with Crippen LogP contribution in [0.2, 0.25) is 0 Å². The smallest absolute Gasteiger partial charge is 0.0154 e. The Morgan fingerprint density at radius 1 is 1.13 bits per heavy atom. The fourth-order valence-electron chi connectivity index (χ4n) is 2.89. The van der Waals surface area contributed by atoms with Gasteiger partial charge >= 0.3 is 0 Å². The maximum Gasteiger partial charge on any atom is 0.0154 e. The van der Waals surface area contributed by atoms with E-state index in [-0.39, 0.29) is 5.54 Å². The summed E-state index contributed by atoms with van der Waals surface area (Å²) < 4.78 is 0. The average Bonchev–Trinajstić information content (AvgIpc) is 2.41. The van der Waals surface area contributed by atoms with Crippen molar-refractivity contribution in [1.82, 2.24) is 0 Å². The molecule has 1 heteroatoms. The Hall–Kier alpha value is -0.0400. The molecule has 0 saturated heterocycles. The van der Waals surface area contributed by atoms with Crippen LogP contribution in [0.1, 0.15) is 78.1 Å². The standard InChI is InChI=1S/C14H29N/c1-3-5-6-10-14(15)11-7-8-13(4-2)9-12-14/h13H,3-12,15H2,1-2H3. The van der Waals surface area contributed by atoms with E-state index in [4.69, 9.17) is 5.73 Å². The van der Waals surface area contributed by atoms with Crippen LogP contribution in [0, 0.1) is 5.92 Å². The Balaban J connectivity index is 2.33. The van der Waals surface area contributed by atoms with E-state index in [2.05, 4.69) is 13.8 Å². The van der Waals surface area contributed by atoms with Gasteiger partial charge in [0.15, 0.2) is 0 Å². The summed E-state index contributed by atoms with van der Waals surface area (Å²) in [5.74, 6) is 0.960. The first kappa shape index (κ1) is 13.0. The van der Waals surface area contributed by atoms with Crippen molar-refractivity contribution in [2.45, 2.75) is 83.6 Å². The van der Waals surface area contributed by atoms with E-state index in [0.717, 1.165) is 5.92 Å². The predicted molar refractivity (Wildman–Crippen MR) is 67.9 cm³/mol. The number of nitrogens with two attached hydrogens (primary N) is 1. The third kappa shape index (κ3) is 4.55.